The highest BCUT2D eigenvalue weighted by Crippen LogP contribution is 2.64. The molecule has 0 amide bonds. The molecule has 1 saturated carbocycles. The Morgan fingerprint density at radius 3 is 2.35 bits per heavy atom. The van der Waals surface area contributed by atoms with Crippen molar-refractivity contribution in [3.05, 3.63) is 53.1 Å². The van der Waals surface area contributed by atoms with Crippen molar-refractivity contribution in [3.63, 3.8) is 0 Å². The number of hydrogen-bond donors (Lipinski definition) is 2. The highest BCUT2D eigenvalue weighted by Gasteiger charge is 2.70. The third kappa shape index (κ3) is 2.50. The summed E-state index contributed by atoms with van der Waals surface area (Å²) in [7, 11) is -3.78. The van der Waals surface area contributed by atoms with Crippen molar-refractivity contribution in [2.75, 3.05) is 20.0 Å². The van der Waals surface area contributed by atoms with E-state index in [1.165, 1.54) is 24.3 Å². The van der Waals surface area contributed by atoms with Crippen molar-refractivity contribution in [3.8, 4) is 11.5 Å². The van der Waals surface area contributed by atoms with E-state index in [1.807, 2.05) is 0 Å². The zero-order valence-corrected chi connectivity index (χ0v) is 15.2. The fourth-order valence-corrected chi connectivity index (χ4v) is 6.31. The monoisotopic (exact) mass is 396 g/mol. The fraction of sp³-hybridized carbons (Fsp3) is 0.333. The predicted octanol–water partition coefficient (Wildman–Crippen LogP) is 1.98. The summed E-state index contributed by atoms with van der Waals surface area (Å²) in [4.78, 5) is 0.112. The lowest BCUT2D eigenvalue weighted by atomic mass is 10.0. The Morgan fingerprint density at radius 1 is 1.04 bits per heavy atom. The van der Waals surface area contributed by atoms with Crippen molar-refractivity contribution < 1.29 is 28.1 Å². The molecule has 2 N–H and O–H groups in total. The number of aliphatic hydroxyl groups excluding tert-OH is 2. The van der Waals surface area contributed by atoms with Crippen molar-refractivity contribution >= 4 is 21.4 Å². The van der Waals surface area contributed by atoms with Crippen LogP contribution >= 0.6 is 11.6 Å². The van der Waals surface area contributed by atoms with Gasteiger partial charge in [0.2, 0.25) is 6.79 Å². The van der Waals surface area contributed by atoms with Gasteiger partial charge in [0.25, 0.3) is 0 Å². The van der Waals surface area contributed by atoms with E-state index >= 15 is 0 Å². The Morgan fingerprint density at radius 2 is 1.69 bits per heavy atom. The molecule has 4 rings (SSSR count). The van der Waals surface area contributed by atoms with Crippen LogP contribution < -0.4 is 9.47 Å². The minimum atomic E-state index is -3.78. The summed E-state index contributed by atoms with van der Waals surface area (Å²) < 4.78 is 36.9. The van der Waals surface area contributed by atoms with Crippen LogP contribution in [0, 0.1) is 5.41 Å². The Kier molecular flexibility index (Phi) is 4.15. The molecule has 2 aromatic rings. The van der Waals surface area contributed by atoms with Crippen LogP contribution in [0.2, 0.25) is 5.02 Å². The van der Waals surface area contributed by atoms with Gasteiger partial charge in [0.15, 0.2) is 21.3 Å². The molecule has 0 bridgehead atoms. The molecule has 26 heavy (non-hydrogen) atoms. The average molecular weight is 397 g/mol. The molecule has 0 unspecified atom stereocenters. The molecule has 1 aliphatic heterocycles. The van der Waals surface area contributed by atoms with Gasteiger partial charge >= 0.3 is 0 Å². The van der Waals surface area contributed by atoms with E-state index in [0.29, 0.717) is 22.1 Å². The number of fused-ring (bicyclic) bond motifs is 1. The summed E-state index contributed by atoms with van der Waals surface area (Å²) >= 11 is 5.85. The molecule has 8 heteroatoms. The van der Waals surface area contributed by atoms with Gasteiger partial charge in [0.05, 0.1) is 23.4 Å². The minimum Gasteiger partial charge on any atom is -0.454 e. The SMILES string of the molecule is O=S(=O)(c1ccc(Cl)cc1)[C@H]1[C@@H](c2ccc3c(c2)OCO3)C1(CO)CO. The maximum Gasteiger partial charge on any atom is 0.231 e. The second-order valence-electron chi connectivity index (χ2n) is 6.56. The first kappa shape index (κ1) is 17.6. The lowest BCUT2D eigenvalue weighted by Gasteiger charge is -2.11. The van der Waals surface area contributed by atoms with Crippen LogP contribution in [0.25, 0.3) is 0 Å². The number of aliphatic hydroxyl groups is 2. The number of hydrogen-bond acceptors (Lipinski definition) is 6. The van der Waals surface area contributed by atoms with Gasteiger partial charge in [0.1, 0.15) is 0 Å². The summed E-state index contributed by atoms with van der Waals surface area (Å²) in [6, 6.07) is 11.1. The third-order valence-corrected chi connectivity index (χ3v) is 7.79. The Labute approximate surface area is 155 Å². The fourth-order valence-electron chi connectivity index (χ4n) is 3.75. The topological polar surface area (TPSA) is 93.1 Å². The van der Waals surface area contributed by atoms with Gasteiger partial charge in [-0.2, -0.15) is 0 Å². The molecule has 138 valence electrons. The second kappa shape index (κ2) is 6.13. The molecule has 0 radical (unpaired) electrons. The van der Waals surface area contributed by atoms with Gasteiger partial charge in [-0.25, -0.2) is 8.42 Å². The molecule has 2 aliphatic rings. The zero-order chi connectivity index (χ0) is 18.5. The quantitative estimate of drug-likeness (QED) is 0.802. The van der Waals surface area contributed by atoms with Crippen LogP contribution in [0.15, 0.2) is 47.4 Å². The number of sulfone groups is 1. The molecule has 1 heterocycles. The van der Waals surface area contributed by atoms with E-state index in [4.69, 9.17) is 21.1 Å². The highest BCUT2D eigenvalue weighted by atomic mass is 35.5. The molecule has 2 atom stereocenters. The molecular formula is C18H17ClO6S. The molecule has 0 spiro atoms. The molecule has 6 nitrogen and oxygen atoms in total. The largest absolute Gasteiger partial charge is 0.454 e. The zero-order valence-electron chi connectivity index (χ0n) is 13.6. The lowest BCUT2D eigenvalue weighted by Crippen LogP contribution is -2.23. The highest BCUT2D eigenvalue weighted by molar-refractivity contribution is 7.92. The first-order valence-electron chi connectivity index (χ1n) is 8.05. The predicted molar refractivity (Wildman–Crippen MR) is 94.3 cm³/mol. The van der Waals surface area contributed by atoms with Crippen molar-refractivity contribution in [1.29, 1.82) is 0 Å². The van der Waals surface area contributed by atoms with Gasteiger partial charge in [0, 0.05) is 16.4 Å². The molecule has 0 aromatic heterocycles. The minimum absolute atomic E-state index is 0.112. The van der Waals surface area contributed by atoms with Crippen LogP contribution in [0.4, 0.5) is 0 Å². The van der Waals surface area contributed by atoms with E-state index in [9.17, 15) is 18.6 Å². The van der Waals surface area contributed by atoms with Gasteiger partial charge in [-0.3, -0.25) is 0 Å². The number of rotatable bonds is 5. The van der Waals surface area contributed by atoms with Gasteiger partial charge in [-0.15, -0.1) is 0 Å². The molecule has 2 aromatic carbocycles. The molecule has 1 fully saturated rings. The normalized spacial score (nSPS) is 23.0. The summed E-state index contributed by atoms with van der Waals surface area (Å²) in [5.74, 6) is 0.569. The van der Waals surface area contributed by atoms with E-state index < -0.39 is 39.6 Å². The van der Waals surface area contributed by atoms with Crippen molar-refractivity contribution in [2.45, 2.75) is 16.1 Å². The summed E-state index contributed by atoms with van der Waals surface area (Å²) in [5.41, 5.74) is -0.466. The number of ether oxygens (including phenoxy) is 2. The smallest absolute Gasteiger partial charge is 0.231 e. The van der Waals surface area contributed by atoms with Crippen LogP contribution in [0.5, 0.6) is 11.5 Å². The first-order chi connectivity index (χ1) is 12.4. The Bertz CT molecular complexity index is 937. The second-order valence-corrected chi connectivity index (χ2v) is 9.07. The van der Waals surface area contributed by atoms with E-state index in [-0.39, 0.29) is 11.7 Å². The van der Waals surface area contributed by atoms with E-state index in [2.05, 4.69) is 0 Å². The summed E-state index contributed by atoms with van der Waals surface area (Å²) in [6.45, 7) is -0.776. The van der Waals surface area contributed by atoms with Crippen molar-refractivity contribution in [1.82, 2.24) is 0 Å². The van der Waals surface area contributed by atoms with Gasteiger partial charge < -0.3 is 19.7 Å². The van der Waals surface area contributed by atoms with E-state index in [0.717, 1.165) is 0 Å². The van der Waals surface area contributed by atoms with Gasteiger partial charge in [-0.1, -0.05) is 17.7 Å². The maximum atomic E-state index is 13.1. The molecular weight excluding hydrogens is 380 g/mol. The summed E-state index contributed by atoms with van der Waals surface area (Å²) in [5, 5.41) is 19.3. The van der Waals surface area contributed by atoms with Crippen LogP contribution in [-0.4, -0.2) is 43.9 Å². The average Bonchev–Trinajstić information content (AvgIpc) is 3.12. The van der Waals surface area contributed by atoms with Crippen LogP contribution in [0.3, 0.4) is 0 Å². The number of benzene rings is 2. The first-order valence-corrected chi connectivity index (χ1v) is 9.97. The maximum absolute atomic E-state index is 13.1. The standard InChI is InChI=1S/C18H17ClO6S/c19-12-2-4-13(5-3-12)26(22,23)17-16(18(17,8-20)9-21)11-1-6-14-15(7-11)25-10-24-14/h1-7,16-17,20-21H,8-10H2/t16-,17+/m1/s1. The van der Waals surface area contributed by atoms with Crippen molar-refractivity contribution in [2.24, 2.45) is 5.41 Å². The van der Waals surface area contributed by atoms with Crippen LogP contribution in [-0.2, 0) is 9.84 Å². The lowest BCUT2D eigenvalue weighted by molar-refractivity contribution is 0.130. The summed E-state index contributed by atoms with van der Waals surface area (Å²) in [6.07, 6.45) is 0. The molecule has 0 saturated heterocycles. The van der Waals surface area contributed by atoms with Gasteiger partial charge in [-0.05, 0) is 42.0 Å². The Balaban J connectivity index is 1.76. The van der Waals surface area contributed by atoms with E-state index in [1.54, 1.807) is 18.2 Å². The third-order valence-electron chi connectivity index (χ3n) is 5.20. The number of halogens is 1. The van der Waals surface area contributed by atoms with Crippen LogP contribution in [0.1, 0.15) is 11.5 Å². The molecule has 1 aliphatic carbocycles. The Hall–Kier alpha value is -1.80.